The van der Waals surface area contributed by atoms with Gasteiger partial charge >= 0.3 is 6.11 Å². The van der Waals surface area contributed by atoms with Crippen LogP contribution in [0.25, 0.3) is 33.4 Å². The van der Waals surface area contributed by atoms with Crippen molar-refractivity contribution in [2.24, 2.45) is 0 Å². The van der Waals surface area contributed by atoms with Crippen molar-refractivity contribution < 1.29 is 35.5 Å². The molecule has 0 atom stereocenters. The van der Waals surface area contributed by atoms with Crippen molar-refractivity contribution in [2.45, 2.75) is 38.7 Å². The molecule has 0 radical (unpaired) electrons. The van der Waals surface area contributed by atoms with Crippen LogP contribution in [0, 0.1) is 29.1 Å². The highest BCUT2D eigenvalue weighted by Crippen LogP contribution is 2.37. The Balaban J connectivity index is 1.35. The van der Waals surface area contributed by atoms with Crippen LogP contribution in [-0.2, 0) is 12.5 Å². The van der Waals surface area contributed by atoms with Crippen molar-refractivity contribution in [2.75, 3.05) is 0 Å². The van der Waals surface area contributed by atoms with Crippen LogP contribution < -0.4 is 4.74 Å². The lowest BCUT2D eigenvalue weighted by Gasteiger charge is -2.19. The van der Waals surface area contributed by atoms with Crippen molar-refractivity contribution in [3.05, 3.63) is 137 Å². The van der Waals surface area contributed by atoms with E-state index in [-0.39, 0.29) is 22.3 Å². The van der Waals surface area contributed by atoms with E-state index in [9.17, 15) is 17.6 Å². The van der Waals surface area contributed by atoms with Gasteiger partial charge in [0.15, 0.2) is 0 Å². The van der Waals surface area contributed by atoms with E-state index in [4.69, 9.17) is 4.74 Å². The van der Waals surface area contributed by atoms with E-state index in [0.29, 0.717) is 5.56 Å². The molecule has 0 saturated heterocycles. The third-order valence-corrected chi connectivity index (χ3v) is 7.31. The summed E-state index contributed by atoms with van der Waals surface area (Å²) in [6, 6.07) is 19.0. The third-order valence-electron chi connectivity index (χ3n) is 7.31. The molecule has 0 aliphatic heterocycles. The zero-order valence-corrected chi connectivity index (χ0v) is 23.6. The predicted octanol–water partition coefficient (Wildman–Crippen LogP) is 11.2. The first-order valence-corrected chi connectivity index (χ1v) is 14.1. The first-order chi connectivity index (χ1) is 21.1. The Morgan fingerprint density at radius 3 is 1.75 bits per heavy atom. The van der Waals surface area contributed by atoms with E-state index in [1.807, 2.05) is 0 Å². The van der Waals surface area contributed by atoms with Crippen LogP contribution in [0.2, 0.25) is 0 Å². The van der Waals surface area contributed by atoms with E-state index in [1.54, 1.807) is 12.1 Å². The largest absolute Gasteiger partial charge is 0.429 e. The molecular weight excluding hydrogens is 581 g/mol. The van der Waals surface area contributed by atoms with Gasteiger partial charge in [-0.1, -0.05) is 56.2 Å². The van der Waals surface area contributed by atoms with Gasteiger partial charge in [0.1, 0.15) is 34.8 Å². The minimum atomic E-state index is -3.75. The van der Waals surface area contributed by atoms with Crippen LogP contribution in [-0.4, -0.2) is 0 Å². The Kier molecular flexibility index (Phi) is 9.09. The van der Waals surface area contributed by atoms with Crippen LogP contribution in [0.3, 0.4) is 0 Å². The number of benzene rings is 5. The Morgan fingerprint density at radius 2 is 1.14 bits per heavy atom. The van der Waals surface area contributed by atoms with Crippen molar-refractivity contribution in [1.29, 1.82) is 0 Å². The molecule has 0 N–H and O–H groups in total. The molecule has 0 saturated carbocycles. The molecule has 0 heterocycles. The lowest BCUT2D eigenvalue weighted by molar-refractivity contribution is -0.185. The monoisotopic (exact) mass is 608 g/mol. The molecule has 0 aromatic heterocycles. The van der Waals surface area contributed by atoms with E-state index in [1.165, 1.54) is 36.4 Å². The van der Waals surface area contributed by atoms with Crippen molar-refractivity contribution in [3.8, 4) is 39.1 Å². The van der Waals surface area contributed by atoms with Gasteiger partial charge in [-0.3, -0.25) is 0 Å². The smallest absolute Gasteiger partial charge is 0.426 e. The minimum Gasteiger partial charge on any atom is -0.429 e. The summed E-state index contributed by atoms with van der Waals surface area (Å²) in [6.45, 7) is 2.08. The van der Waals surface area contributed by atoms with E-state index < -0.39 is 52.1 Å². The first-order valence-electron chi connectivity index (χ1n) is 14.1. The number of rotatable bonds is 10. The molecule has 0 aliphatic rings. The number of unbranched alkanes of at least 4 members (excludes halogenated alkanes) is 2. The second-order valence-corrected chi connectivity index (χ2v) is 10.4. The van der Waals surface area contributed by atoms with Gasteiger partial charge in [-0.15, -0.1) is 0 Å². The molecule has 0 spiro atoms. The number of hydrogen-bond donors (Lipinski definition) is 0. The zero-order chi connectivity index (χ0) is 31.4. The maximum atomic E-state index is 15.2. The molecule has 44 heavy (non-hydrogen) atoms. The van der Waals surface area contributed by atoms with E-state index >= 15 is 13.2 Å². The number of ether oxygens (including phenoxy) is 1. The second-order valence-electron chi connectivity index (χ2n) is 10.4. The summed E-state index contributed by atoms with van der Waals surface area (Å²) >= 11 is 0. The Labute approximate surface area is 250 Å². The highest BCUT2D eigenvalue weighted by molar-refractivity contribution is 5.75. The average Bonchev–Trinajstić information content (AvgIpc) is 2.98. The third kappa shape index (κ3) is 6.80. The summed E-state index contributed by atoms with van der Waals surface area (Å²) in [5.74, 6) is -4.96. The SMILES string of the molecule is CCCCCc1ccc(C(F)(F)Oc2ccc(-c3cc(F)c(-c4ccc(-c5ccc(F)cc5)c(F)c4)c(F)c3)c(F)c2)cc1. The fourth-order valence-corrected chi connectivity index (χ4v) is 4.98. The van der Waals surface area contributed by atoms with Gasteiger partial charge in [0.25, 0.3) is 0 Å². The van der Waals surface area contributed by atoms with Crippen molar-refractivity contribution >= 4 is 0 Å². The molecule has 1 nitrogen and oxygen atoms in total. The fourth-order valence-electron chi connectivity index (χ4n) is 4.98. The van der Waals surface area contributed by atoms with Gasteiger partial charge in [0, 0.05) is 17.2 Å². The number of halogens is 7. The molecule has 8 heteroatoms. The van der Waals surface area contributed by atoms with Crippen LogP contribution in [0.15, 0.2) is 97.1 Å². The molecule has 0 bridgehead atoms. The van der Waals surface area contributed by atoms with Gasteiger partial charge < -0.3 is 4.74 Å². The van der Waals surface area contributed by atoms with Gasteiger partial charge in [-0.2, -0.15) is 8.78 Å². The van der Waals surface area contributed by atoms with Crippen molar-refractivity contribution in [3.63, 3.8) is 0 Å². The molecule has 5 rings (SSSR count). The maximum Gasteiger partial charge on any atom is 0.426 e. The van der Waals surface area contributed by atoms with Crippen LogP contribution >= 0.6 is 0 Å². The molecule has 0 fully saturated rings. The standard InChI is InChI=1S/C36H27F7O/c1-2-3-4-5-22-6-11-26(12-7-22)36(42,43)44-28-15-17-30(32(39)21-28)25-19-33(40)35(34(41)20-25)24-10-16-29(31(38)18-24)23-8-13-27(37)14-9-23/h6-21H,2-5H2,1H3. The number of hydrogen-bond acceptors (Lipinski definition) is 1. The van der Waals surface area contributed by atoms with Gasteiger partial charge in [0.05, 0.1) is 11.1 Å². The zero-order valence-electron chi connectivity index (χ0n) is 23.6. The van der Waals surface area contributed by atoms with E-state index in [0.717, 1.165) is 79.8 Å². The second kappa shape index (κ2) is 13.0. The highest BCUT2D eigenvalue weighted by atomic mass is 19.3. The summed E-state index contributed by atoms with van der Waals surface area (Å²) in [5, 5.41) is 0. The molecule has 0 aliphatic carbocycles. The fraction of sp³-hybridized carbons (Fsp3) is 0.167. The number of aryl methyl sites for hydroxylation is 1. The quantitative estimate of drug-likeness (QED) is 0.113. The molecule has 5 aromatic carbocycles. The average molecular weight is 609 g/mol. The predicted molar refractivity (Wildman–Crippen MR) is 157 cm³/mol. The minimum absolute atomic E-state index is 0.102. The Morgan fingerprint density at radius 1 is 0.568 bits per heavy atom. The molecule has 5 aromatic rings. The Hall–Kier alpha value is -4.59. The van der Waals surface area contributed by atoms with Gasteiger partial charge in [0.2, 0.25) is 0 Å². The molecule has 226 valence electrons. The highest BCUT2D eigenvalue weighted by Gasteiger charge is 2.34. The van der Waals surface area contributed by atoms with Crippen LogP contribution in [0.1, 0.15) is 37.3 Å². The van der Waals surface area contributed by atoms with E-state index in [2.05, 4.69) is 6.92 Å². The Bertz CT molecular complexity index is 1740. The normalized spacial score (nSPS) is 11.5. The molecule has 0 unspecified atom stereocenters. The maximum absolute atomic E-state index is 15.2. The summed E-state index contributed by atoms with van der Waals surface area (Å²) in [4.78, 5) is 0. The summed E-state index contributed by atoms with van der Waals surface area (Å²) in [6.07, 6.45) is 0.0633. The summed E-state index contributed by atoms with van der Waals surface area (Å²) in [7, 11) is 0. The lowest BCUT2D eigenvalue weighted by Crippen LogP contribution is -2.22. The van der Waals surface area contributed by atoms with Gasteiger partial charge in [-0.05, 0) is 89.7 Å². The van der Waals surface area contributed by atoms with Crippen molar-refractivity contribution in [1.82, 2.24) is 0 Å². The first kappa shape index (κ1) is 30.9. The molecular formula is C36H27F7O. The molecule has 0 amide bonds. The topological polar surface area (TPSA) is 9.23 Å². The van der Waals surface area contributed by atoms with Crippen LogP contribution in [0.5, 0.6) is 5.75 Å². The van der Waals surface area contributed by atoms with Crippen LogP contribution in [0.4, 0.5) is 30.7 Å². The summed E-state index contributed by atoms with van der Waals surface area (Å²) in [5.41, 5.74) is -0.0660. The lowest BCUT2D eigenvalue weighted by atomic mass is 9.96. The number of alkyl halides is 2. The summed E-state index contributed by atoms with van der Waals surface area (Å²) < 4.78 is 108. The van der Waals surface area contributed by atoms with Gasteiger partial charge in [-0.25, -0.2) is 22.0 Å².